The lowest BCUT2D eigenvalue weighted by atomic mass is 10.1. The molecule has 2 aromatic heterocycles. The third-order valence-corrected chi connectivity index (χ3v) is 7.38. The molecule has 2 saturated heterocycles. The molecule has 1 aromatic carbocycles. The van der Waals surface area contributed by atoms with Crippen molar-refractivity contribution in [1.29, 1.82) is 0 Å². The second kappa shape index (κ2) is 12.0. The number of alkyl halides is 4. The summed E-state index contributed by atoms with van der Waals surface area (Å²) in [5.74, 6) is 0.621. The van der Waals surface area contributed by atoms with E-state index in [4.69, 9.17) is 26.3 Å². The van der Waals surface area contributed by atoms with Crippen LogP contribution in [-0.4, -0.2) is 83.4 Å². The number of hydrogen-bond acceptors (Lipinski definition) is 8. The second-order valence-electron chi connectivity index (χ2n) is 10.9. The number of halogens is 5. The minimum atomic E-state index is -4.51. The Hall–Kier alpha value is -3.87. The van der Waals surface area contributed by atoms with E-state index in [0.717, 1.165) is 6.07 Å². The van der Waals surface area contributed by atoms with Crippen molar-refractivity contribution in [2.45, 2.75) is 32.0 Å². The maximum atomic E-state index is 14.1. The van der Waals surface area contributed by atoms with E-state index < -0.39 is 22.9 Å². The Morgan fingerprint density at radius 3 is 2.19 bits per heavy atom. The molecule has 0 radical (unpaired) electrons. The van der Waals surface area contributed by atoms with E-state index in [0.29, 0.717) is 80.9 Å². The number of hydrogen-bond donors (Lipinski definition) is 0. The van der Waals surface area contributed by atoms with Crippen LogP contribution in [0.15, 0.2) is 42.6 Å². The average molecular weight is 622 g/mol. The number of aromatic nitrogens is 3. The molecule has 1 amide bonds. The number of benzene rings is 1. The number of rotatable bonds is 5. The van der Waals surface area contributed by atoms with Gasteiger partial charge in [-0.2, -0.15) is 18.2 Å². The molecule has 0 aliphatic carbocycles. The molecule has 2 fully saturated rings. The van der Waals surface area contributed by atoms with E-state index in [1.807, 2.05) is 15.9 Å². The van der Waals surface area contributed by atoms with Crippen molar-refractivity contribution in [2.24, 2.45) is 0 Å². The molecule has 0 spiro atoms. The maximum absolute atomic E-state index is 14.1. The molecule has 2 aliphatic heterocycles. The van der Waals surface area contributed by atoms with Gasteiger partial charge < -0.3 is 24.3 Å². The SMILES string of the molecule is Cc1cc(-c2cc(N3CCN(c4ncccc4C(F)(F)F)CC3)nc(N3CCN(C(=O)OC(C)(C)Cl)CC3)n2)ccc1F. The van der Waals surface area contributed by atoms with Gasteiger partial charge in [0.25, 0.3) is 0 Å². The first kappa shape index (κ1) is 30.6. The smallest absolute Gasteiger partial charge is 0.419 e. The number of amides is 1. The Morgan fingerprint density at radius 2 is 1.56 bits per heavy atom. The van der Waals surface area contributed by atoms with Crippen LogP contribution in [0.25, 0.3) is 11.3 Å². The second-order valence-corrected chi connectivity index (χ2v) is 11.8. The lowest BCUT2D eigenvalue weighted by Gasteiger charge is -2.38. The predicted octanol–water partition coefficient (Wildman–Crippen LogP) is 5.57. The van der Waals surface area contributed by atoms with E-state index >= 15 is 0 Å². The third kappa shape index (κ3) is 7.20. The molecule has 43 heavy (non-hydrogen) atoms. The van der Waals surface area contributed by atoms with Gasteiger partial charge in [0.2, 0.25) is 5.95 Å². The van der Waals surface area contributed by atoms with Crippen molar-refractivity contribution in [2.75, 3.05) is 67.1 Å². The molecule has 0 atom stereocenters. The summed E-state index contributed by atoms with van der Waals surface area (Å²) in [4.78, 5) is 33.3. The van der Waals surface area contributed by atoms with Crippen LogP contribution in [0.1, 0.15) is 25.0 Å². The van der Waals surface area contributed by atoms with Crippen LogP contribution < -0.4 is 14.7 Å². The lowest BCUT2D eigenvalue weighted by Crippen LogP contribution is -2.50. The Morgan fingerprint density at radius 1 is 0.907 bits per heavy atom. The van der Waals surface area contributed by atoms with Crippen molar-refractivity contribution in [3.63, 3.8) is 0 Å². The molecule has 3 aromatic rings. The fourth-order valence-corrected chi connectivity index (χ4v) is 5.12. The number of ether oxygens (including phenoxy) is 1. The highest BCUT2D eigenvalue weighted by Crippen LogP contribution is 2.36. The zero-order valence-electron chi connectivity index (χ0n) is 24.0. The highest BCUT2D eigenvalue weighted by atomic mass is 35.5. The van der Waals surface area contributed by atoms with Crippen molar-refractivity contribution in [3.8, 4) is 11.3 Å². The summed E-state index contributed by atoms with van der Waals surface area (Å²) in [5, 5.41) is -1.12. The van der Waals surface area contributed by atoms with Crippen LogP contribution in [0.5, 0.6) is 0 Å². The van der Waals surface area contributed by atoms with Crippen LogP contribution in [0.2, 0.25) is 0 Å². The van der Waals surface area contributed by atoms with Gasteiger partial charge in [-0.15, -0.1) is 0 Å². The minimum Gasteiger partial charge on any atom is -0.427 e. The van der Waals surface area contributed by atoms with Gasteiger partial charge in [-0.05, 0) is 56.7 Å². The monoisotopic (exact) mass is 621 g/mol. The molecule has 14 heteroatoms. The molecule has 0 N–H and O–H groups in total. The van der Waals surface area contributed by atoms with E-state index in [1.165, 1.54) is 18.3 Å². The van der Waals surface area contributed by atoms with Gasteiger partial charge in [0.1, 0.15) is 17.5 Å². The van der Waals surface area contributed by atoms with E-state index in [1.54, 1.807) is 42.7 Å². The number of anilines is 3. The fourth-order valence-electron chi connectivity index (χ4n) is 5.06. The summed E-state index contributed by atoms with van der Waals surface area (Å²) in [6.07, 6.45) is -3.65. The number of nitrogens with zero attached hydrogens (tertiary/aromatic N) is 7. The van der Waals surface area contributed by atoms with Crippen LogP contribution >= 0.6 is 11.6 Å². The van der Waals surface area contributed by atoms with Gasteiger partial charge in [-0.1, -0.05) is 11.6 Å². The summed E-state index contributed by atoms with van der Waals surface area (Å²) in [7, 11) is 0. The first-order valence-electron chi connectivity index (χ1n) is 13.9. The van der Waals surface area contributed by atoms with Gasteiger partial charge in [-0.25, -0.2) is 19.2 Å². The minimum absolute atomic E-state index is 0.0885. The van der Waals surface area contributed by atoms with Crippen LogP contribution in [0, 0.1) is 12.7 Å². The maximum Gasteiger partial charge on any atom is 0.419 e. The van der Waals surface area contributed by atoms with Crippen LogP contribution in [0.4, 0.5) is 39.9 Å². The summed E-state index contributed by atoms with van der Waals surface area (Å²) in [6.45, 7) is 7.90. The van der Waals surface area contributed by atoms with Gasteiger partial charge in [0.15, 0.2) is 5.06 Å². The quantitative estimate of drug-likeness (QED) is 0.271. The first-order chi connectivity index (χ1) is 20.3. The van der Waals surface area contributed by atoms with Crippen molar-refractivity contribution in [1.82, 2.24) is 19.9 Å². The van der Waals surface area contributed by atoms with Crippen LogP contribution in [-0.2, 0) is 10.9 Å². The Labute approximate surface area is 252 Å². The zero-order valence-corrected chi connectivity index (χ0v) is 24.8. The number of piperazine rings is 2. The van der Waals surface area contributed by atoms with Crippen LogP contribution in [0.3, 0.4) is 0 Å². The molecule has 4 heterocycles. The molecule has 0 bridgehead atoms. The molecule has 230 valence electrons. The van der Waals surface area contributed by atoms with Gasteiger partial charge in [-0.3, -0.25) is 0 Å². The topological polar surface area (TPSA) is 77.9 Å². The molecule has 0 saturated carbocycles. The standard InChI is InChI=1S/C29H32ClF4N7O2/c1-19-17-20(6-7-22(19)31)23-18-24(37-26(36-23)40-13-15-41(16-14-40)27(42)43-28(2,3)30)38-9-11-39(12-10-38)25-21(29(32,33)34)5-4-8-35-25/h4-8,17-18H,9-16H2,1-3H3. The number of aryl methyl sites for hydroxylation is 1. The third-order valence-electron chi connectivity index (χ3n) is 7.30. The Kier molecular flexibility index (Phi) is 8.55. The van der Waals surface area contributed by atoms with E-state index in [2.05, 4.69) is 4.98 Å². The molecule has 0 unspecified atom stereocenters. The Balaban J connectivity index is 1.38. The summed E-state index contributed by atoms with van der Waals surface area (Å²) in [5.41, 5.74) is 0.995. The van der Waals surface area contributed by atoms with Gasteiger partial charge in [0, 0.05) is 70.2 Å². The average Bonchev–Trinajstić information content (AvgIpc) is 2.97. The number of carbonyl (C=O) groups excluding carboxylic acids is 1. The first-order valence-corrected chi connectivity index (χ1v) is 14.3. The highest BCUT2D eigenvalue weighted by Gasteiger charge is 2.36. The fraction of sp³-hybridized carbons (Fsp3) is 0.448. The van der Waals surface area contributed by atoms with Crippen molar-refractivity contribution < 1.29 is 27.1 Å². The van der Waals surface area contributed by atoms with Gasteiger partial charge >= 0.3 is 12.3 Å². The molecule has 2 aliphatic rings. The summed E-state index contributed by atoms with van der Waals surface area (Å²) < 4.78 is 60.2. The van der Waals surface area contributed by atoms with E-state index in [-0.39, 0.29) is 11.6 Å². The van der Waals surface area contributed by atoms with Gasteiger partial charge in [0.05, 0.1) is 11.3 Å². The lowest BCUT2D eigenvalue weighted by molar-refractivity contribution is -0.137. The van der Waals surface area contributed by atoms with E-state index in [9.17, 15) is 22.4 Å². The zero-order chi connectivity index (χ0) is 30.9. The molecular weight excluding hydrogens is 590 g/mol. The van der Waals surface area contributed by atoms with Crippen molar-refractivity contribution >= 4 is 35.3 Å². The number of pyridine rings is 1. The normalized spacial score (nSPS) is 16.5. The number of carbonyl (C=O) groups is 1. The summed E-state index contributed by atoms with van der Waals surface area (Å²) >= 11 is 6.05. The predicted molar refractivity (Wildman–Crippen MR) is 156 cm³/mol. The Bertz CT molecular complexity index is 1470. The highest BCUT2D eigenvalue weighted by molar-refractivity contribution is 6.22. The molecule has 5 rings (SSSR count). The molecule has 9 nitrogen and oxygen atoms in total. The van der Waals surface area contributed by atoms with Crippen molar-refractivity contribution in [3.05, 3.63) is 59.5 Å². The summed E-state index contributed by atoms with van der Waals surface area (Å²) in [6, 6.07) is 8.88. The largest absolute Gasteiger partial charge is 0.427 e. The molecular formula is C29H32ClF4N7O2.